The molecule has 1 atom stereocenters. The van der Waals surface area contributed by atoms with Crippen molar-refractivity contribution in [2.75, 3.05) is 0 Å². The van der Waals surface area contributed by atoms with Crippen LogP contribution in [0.5, 0.6) is 0 Å². The summed E-state index contributed by atoms with van der Waals surface area (Å²) in [5.41, 5.74) is -0.496. The smallest absolute Gasteiger partial charge is 0.325 e. The Kier molecular flexibility index (Phi) is 3.91. The lowest BCUT2D eigenvalue weighted by Crippen LogP contribution is -2.44. The summed E-state index contributed by atoms with van der Waals surface area (Å²) in [6.45, 7) is 6.92. The normalized spacial score (nSPS) is 13.5. The van der Waals surface area contributed by atoms with Crippen molar-refractivity contribution in [2.24, 2.45) is 5.41 Å². The zero-order valence-electron chi connectivity index (χ0n) is 8.55. The molecule has 0 unspecified atom stereocenters. The Labute approximate surface area is 78.3 Å². The van der Waals surface area contributed by atoms with Gasteiger partial charge in [0, 0.05) is 5.41 Å². The maximum atomic E-state index is 11.4. The lowest BCUT2D eigenvalue weighted by atomic mass is 9.89. The fourth-order valence-corrected chi connectivity index (χ4v) is 0.614. The highest BCUT2D eigenvalue weighted by molar-refractivity contribution is 5.86. The van der Waals surface area contributed by atoms with Gasteiger partial charge in [-0.15, -0.1) is 0 Å². The lowest BCUT2D eigenvalue weighted by Gasteiger charge is -2.22. The van der Waals surface area contributed by atoms with Gasteiger partial charge < -0.3 is 10.4 Å². The van der Waals surface area contributed by atoms with Gasteiger partial charge in [0.25, 0.3) is 0 Å². The van der Waals surface area contributed by atoms with E-state index in [9.17, 15) is 9.59 Å². The number of carboxylic acid groups (broad SMARTS) is 1. The van der Waals surface area contributed by atoms with E-state index in [0.29, 0.717) is 6.42 Å². The Morgan fingerprint density at radius 2 is 1.92 bits per heavy atom. The van der Waals surface area contributed by atoms with Crippen molar-refractivity contribution in [3.8, 4) is 0 Å². The van der Waals surface area contributed by atoms with E-state index >= 15 is 0 Å². The van der Waals surface area contributed by atoms with Crippen molar-refractivity contribution in [2.45, 2.75) is 40.2 Å². The average Bonchev–Trinajstić information content (AvgIpc) is 2.04. The number of nitrogens with one attached hydrogen (secondary N) is 1. The minimum atomic E-state index is -1.01. The summed E-state index contributed by atoms with van der Waals surface area (Å²) in [4.78, 5) is 21.9. The molecule has 13 heavy (non-hydrogen) atoms. The first-order chi connectivity index (χ1) is 5.81. The van der Waals surface area contributed by atoms with Crippen LogP contribution in [0.3, 0.4) is 0 Å². The molecular formula is C9H17NO3. The average molecular weight is 187 g/mol. The third-order valence-corrected chi connectivity index (χ3v) is 2.22. The Hall–Kier alpha value is -1.06. The fraction of sp³-hybridized carbons (Fsp3) is 0.778. The molecule has 0 aromatic rings. The summed E-state index contributed by atoms with van der Waals surface area (Å²) in [6, 6.07) is -0.821. The van der Waals surface area contributed by atoms with Gasteiger partial charge in [-0.2, -0.15) is 0 Å². The number of amides is 1. The third kappa shape index (κ3) is 3.44. The predicted octanol–water partition coefficient (Wildman–Crippen LogP) is 1.01. The van der Waals surface area contributed by atoms with E-state index in [2.05, 4.69) is 5.32 Å². The summed E-state index contributed by atoms with van der Waals surface area (Å²) in [5.74, 6) is -1.23. The Morgan fingerprint density at radius 3 is 2.23 bits per heavy atom. The monoisotopic (exact) mass is 187 g/mol. The molecular weight excluding hydrogens is 170 g/mol. The van der Waals surface area contributed by atoms with Crippen molar-refractivity contribution in [3.05, 3.63) is 0 Å². The van der Waals surface area contributed by atoms with E-state index in [4.69, 9.17) is 5.11 Å². The molecule has 2 N–H and O–H groups in total. The molecule has 0 aliphatic carbocycles. The summed E-state index contributed by atoms with van der Waals surface area (Å²) in [5, 5.41) is 11.0. The molecule has 0 heterocycles. The zero-order valence-corrected chi connectivity index (χ0v) is 8.55. The van der Waals surface area contributed by atoms with Crippen LogP contribution in [0.25, 0.3) is 0 Å². The van der Waals surface area contributed by atoms with Crippen molar-refractivity contribution < 1.29 is 14.7 Å². The quantitative estimate of drug-likeness (QED) is 0.690. The minimum Gasteiger partial charge on any atom is -0.480 e. The van der Waals surface area contributed by atoms with E-state index in [-0.39, 0.29) is 5.91 Å². The first-order valence-electron chi connectivity index (χ1n) is 4.35. The summed E-state index contributed by atoms with van der Waals surface area (Å²) >= 11 is 0. The van der Waals surface area contributed by atoms with Crippen molar-refractivity contribution in [1.29, 1.82) is 0 Å². The van der Waals surface area contributed by atoms with Gasteiger partial charge in [-0.25, -0.2) is 0 Å². The van der Waals surface area contributed by atoms with E-state index in [0.717, 1.165) is 0 Å². The molecule has 0 bridgehead atoms. The van der Waals surface area contributed by atoms with E-state index in [1.807, 2.05) is 6.92 Å². The van der Waals surface area contributed by atoms with E-state index in [1.165, 1.54) is 6.92 Å². The highest BCUT2D eigenvalue weighted by atomic mass is 16.4. The number of carbonyl (C=O) groups excluding carboxylic acids is 1. The van der Waals surface area contributed by atoms with Gasteiger partial charge in [0.05, 0.1) is 0 Å². The minimum absolute atomic E-state index is 0.218. The van der Waals surface area contributed by atoms with Gasteiger partial charge in [-0.3, -0.25) is 9.59 Å². The summed E-state index contributed by atoms with van der Waals surface area (Å²) < 4.78 is 0. The largest absolute Gasteiger partial charge is 0.480 e. The van der Waals surface area contributed by atoms with E-state index < -0.39 is 17.4 Å². The molecule has 76 valence electrons. The standard InChI is InChI=1S/C9H17NO3/c1-5-9(3,4)8(13)10-6(2)7(11)12/h6H,5H2,1-4H3,(H,10,13)(H,11,12)/t6-/m1/s1. The summed E-state index contributed by atoms with van der Waals surface area (Å²) in [6.07, 6.45) is 0.686. The molecule has 0 aliphatic rings. The van der Waals surface area contributed by atoms with Crippen molar-refractivity contribution in [3.63, 3.8) is 0 Å². The van der Waals surface area contributed by atoms with Crippen molar-refractivity contribution >= 4 is 11.9 Å². The molecule has 0 spiro atoms. The molecule has 0 saturated carbocycles. The maximum absolute atomic E-state index is 11.4. The van der Waals surface area contributed by atoms with Crippen LogP contribution in [0.15, 0.2) is 0 Å². The molecule has 0 aliphatic heterocycles. The molecule has 0 aromatic heterocycles. The van der Waals surface area contributed by atoms with Gasteiger partial charge in [-0.1, -0.05) is 20.8 Å². The molecule has 1 amide bonds. The first-order valence-corrected chi connectivity index (χ1v) is 4.35. The zero-order chi connectivity index (χ0) is 10.6. The van der Waals surface area contributed by atoms with Gasteiger partial charge in [0.2, 0.25) is 5.91 Å². The second-order valence-electron chi connectivity index (χ2n) is 3.77. The number of aliphatic carboxylic acids is 1. The molecule has 0 saturated heterocycles. The molecule has 4 nitrogen and oxygen atoms in total. The van der Waals surface area contributed by atoms with Gasteiger partial charge in [0.1, 0.15) is 6.04 Å². The van der Waals surface area contributed by atoms with Crippen LogP contribution in [0.4, 0.5) is 0 Å². The highest BCUT2D eigenvalue weighted by Gasteiger charge is 2.27. The van der Waals surface area contributed by atoms with Crippen LogP contribution >= 0.6 is 0 Å². The van der Waals surface area contributed by atoms with E-state index in [1.54, 1.807) is 13.8 Å². The lowest BCUT2D eigenvalue weighted by molar-refractivity contribution is -0.143. The van der Waals surface area contributed by atoms with Gasteiger partial charge in [0.15, 0.2) is 0 Å². The Morgan fingerprint density at radius 1 is 1.46 bits per heavy atom. The van der Waals surface area contributed by atoms with Crippen LogP contribution in [0.2, 0.25) is 0 Å². The molecule has 0 fully saturated rings. The summed E-state index contributed by atoms with van der Waals surface area (Å²) in [7, 11) is 0. The van der Waals surface area contributed by atoms with Crippen LogP contribution in [0, 0.1) is 5.41 Å². The van der Waals surface area contributed by atoms with Crippen molar-refractivity contribution in [1.82, 2.24) is 5.32 Å². The number of carbonyl (C=O) groups is 2. The topological polar surface area (TPSA) is 66.4 Å². The van der Waals surface area contributed by atoms with Crippen LogP contribution < -0.4 is 5.32 Å². The maximum Gasteiger partial charge on any atom is 0.325 e. The van der Waals surface area contributed by atoms with Gasteiger partial charge in [-0.05, 0) is 13.3 Å². The number of rotatable bonds is 4. The molecule has 0 radical (unpaired) electrons. The van der Waals surface area contributed by atoms with Crippen LogP contribution in [-0.2, 0) is 9.59 Å². The SMILES string of the molecule is CCC(C)(C)C(=O)N[C@H](C)C(=O)O. The molecule has 4 heteroatoms. The Balaban J connectivity index is 4.23. The first kappa shape index (κ1) is 11.9. The van der Waals surface area contributed by atoms with Crippen LogP contribution in [-0.4, -0.2) is 23.0 Å². The number of hydrogen-bond acceptors (Lipinski definition) is 2. The Bertz CT molecular complexity index is 211. The fourth-order valence-electron chi connectivity index (χ4n) is 0.614. The third-order valence-electron chi connectivity index (χ3n) is 2.22. The predicted molar refractivity (Wildman–Crippen MR) is 49.3 cm³/mol. The second-order valence-corrected chi connectivity index (χ2v) is 3.77. The van der Waals surface area contributed by atoms with Crippen LogP contribution in [0.1, 0.15) is 34.1 Å². The molecule has 0 rings (SSSR count). The highest BCUT2D eigenvalue weighted by Crippen LogP contribution is 2.19. The van der Waals surface area contributed by atoms with Gasteiger partial charge >= 0.3 is 5.97 Å². The second kappa shape index (κ2) is 4.25. The number of hydrogen-bond donors (Lipinski definition) is 2. The molecule has 0 aromatic carbocycles. The number of carboxylic acids is 1.